The molecule has 0 aliphatic rings. The Balaban J connectivity index is 2.06. The van der Waals surface area contributed by atoms with Crippen LogP contribution in [0.2, 0.25) is 0 Å². The highest BCUT2D eigenvalue weighted by Gasteiger charge is 2.02. The zero-order valence-corrected chi connectivity index (χ0v) is 11.4. The normalized spacial score (nSPS) is 10.4. The van der Waals surface area contributed by atoms with Gasteiger partial charge in [-0.2, -0.15) is 0 Å². The summed E-state index contributed by atoms with van der Waals surface area (Å²) >= 11 is 3.46. The van der Waals surface area contributed by atoms with Crippen molar-refractivity contribution in [2.24, 2.45) is 0 Å². The van der Waals surface area contributed by atoms with E-state index in [4.69, 9.17) is 0 Å². The number of nitrogens with one attached hydrogen (secondary N) is 1. The van der Waals surface area contributed by atoms with Gasteiger partial charge in [-0.3, -0.25) is 0 Å². The number of hydrogen-bond donors (Lipinski definition) is 1. The molecule has 2 aromatic rings. The van der Waals surface area contributed by atoms with Crippen molar-refractivity contribution in [2.45, 2.75) is 13.5 Å². The number of aryl methyl sites for hydroxylation is 1. The van der Waals surface area contributed by atoms with Crippen LogP contribution in [-0.4, -0.2) is 0 Å². The zero-order valence-electron chi connectivity index (χ0n) is 9.81. The summed E-state index contributed by atoms with van der Waals surface area (Å²) in [6, 6.07) is 9.78. The zero-order chi connectivity index (χ0) is 13.1. The summed E-state index contributed by atoms with van der Waals surface area (Å²) in [4.78, 5) is 0. The second-order valence-electron chi connectivity index (χ2n) is 4.07. The maximum absolute atomic E-state index is 13.0. The molecule has 0 radical (unpaired) electrons. The quantitative estimate of drug-likeness (QED) is 0.870. The van der Waals surface area contributed by atoms with E-state index in [0.29, 0.717) is 12.2 Å². The van der Waals surface area contributed by atoms with E-state index in [9.17, 15) is 8.78 Å². The van der Waals surface area contributed by atoms with E-state index in [1.54, 1.807) is 0 Å². The fourth-order valence-corrected chi connectivity index (χ4v) is 1.98. The molecule has 0 atom stereocenters. The largest absolute Gasteiger partial charge is 0.381 e. The number of rotatable bonds is 3. The van der Waals surface area contributed by atoms with Gasteiger partial charge in [0.1, 0.15) is 0 Å². The Hall–Kier alpha value is -1.42. The highest BCUT2D eigenvalue weighted by Crippen LogP contribution is 2.19. The van der Waals surface area contributed by atoms with Crippen molar-refractivity contribution in [2.75, 3.05) is 5.32 Å². The fraction of sp³-hybridized carbons (Fsp3) is 0.143. The van der Waals surface area contributed by atoms with Gasteiger partial charge in [0, 0.05) is 22.8 Å². The maximum Gasteiger partial charge on any atom is 0.160 e. The lowest BCUT2D eigenvalue weighted by molar-refractivity contribution is 0.509. The maximum atomic E-state index is 13.0. The highest BCUT2D eigenvalue weighted by atomic mass is 79.9. The molecule has 0 heterocycles. The van der Waals surface area contributed by atoms with E-state index in [1.165, 1.54) is 6.07 Å². The minimum absolute atomic E-state index is 0.559. The van der Waals surface area contributed by atoms with Crippen LogP contribution in [0.5, 0.6) is 0 Å². The average Bonchev–Trinajstić information content (AvgIpc) is 2.35. The van der Waals surface area contributed by atoms with Crippen molar-refractivity contribution in [1.82, 2.24) is 0 Å². The molecule has 0 saturated heterocycles. The third kappa shape index (κ3) is 3.07. The Labute approximate surface area is 113 Å². The molecule has 1 nitrogen and oxygen atoms in total. The van der Waals surface area contributed by atoms with Gasteiger partial charge in [0.05, 0.1) is 0 Å². The first kappa shape index (κ1) is 13.0. The first-order valence-electron chi connectivity index (χ1n) is 5.50. The van der Waals surface area contributed by atoms with Crippen LogP contribution in [0.15, 0.2) is 40.9 Å². The monoisotopic (exact) mass is 311 g/mol. The predicted molar refractivity (Wildman–Crippen MR) is 72.6 cm³/mol. The van der Waals surface area contributed by atoms with Gasteiger partial charge in [-0.25, -0.2) is 8.78 Å². The molecule has 2 aromatic carbocycles. The van der Waals surface area contributed by atoms with E-state index in [2.05, 4.69) is 21.2 Å². The third-order valence-electron chi connectivity index (χ3n) is 2.65. The van der Waals surface area contributed by atoms with Gasteiger partial charge in [-0.1, -0.05) is 28.1 Å². The SMILES string of the molecule is Cc1ccc(CNc2ccc(F)c(F)c2)cc1Br. The Morgan fingerprint density at radius 3 is 2.50 bits per heavy atom. The highest BCUT2D eigenvalue weighted by molar-refractivity contribution is 9.10. The minimum Gasteiger partial charge on any atom is -0.381 e. The number of halogens is 3. The first-order chi connectivity index (χ1) is 8.56. The molecule has 0 bridgehead atoms. The van der Waals surface area contributed by atoms with Crippen molar-refractivity contribution in [3.8, 4) is 0 Å². The van der Waals surface area contributed by atoms with Crippen LogP contribution in [0, 0.1) is 18.6 Å². The summed E-state index contributed by atoms with van der Waals surface area (Å²) in [6.45, 7) is 2.57. The summed E-state index contributed by atoms with van der Waals surface area (Å²) < 4.78 is 26.8. The van der Waals surface area contributed by atoms with Crippen LogP contribution in [0.4, 0.5) is 14.5 Å². The van der Waals surface area contributed by atoms with Crippen molar-refractivity contribution in [3.63, 3.8) is 0 Å². The number of benzene rings is 2. The molecular formula is C14H12BrF2N. The van der Waals surface area contributed by atoms with E-state index in [1.807, 2.05) is 25.1 Å². The van der Waals surface area contributed by atoms with Crippen LogP contribution < -0.4 is 5.32 Å². The van der Waals surface area contributed by atoms with Gasteiger partial charge in [-0.15, -0.1) is 0 Å². The van der Waals surface area contributed by atoms with Crippen molar-refractivity contribution in [3.05, 3.63) is 63.6 Å². The Morgan fingerprint density at radius 1 is 1.06 bits per heavy atom. The Kier molecular flexibility index (Phi) is 3.97. The van der Waals surface area contributed by atoms with E-state index in [0.717, 1.165) is 27.7 Å². The Morgan fingerprint density at radius 2 is 1.83 bits per heavy atom. The molecule has 0 amide bonds. The van der Waals surface area contributed by atoms with Crippen LogP contribution in [0.25, 0.3) is 0 Å². The van der Waals surface area contributed by atoms with Gasteiger partial charge in [0.25, 0.3) is 0 Å². The molecule has 2 rings (SSSR count). The van der Waals surface area contributed by atoms with Gasteiger partial charge in [-0.05, 0) is 36.2 Å². The predicted octanol–water partition coefficient (Wildman–Crippen LogP) is 4.65. The van der Waals surface area contributed by atoms with Gasteiger partial charge in [0.15, 0.2) is 11.6 Å². The van der Waals surface area contributed by atoms with Crippen molar-refractivity contribution >= 4 is 21.6 Å². The van der Waals surface area contributed by atoms with Crippen LogP contribution in [0.3, 0.4) is 0 Å². The lowest BCUT2D eigenvalue weighted by Crippen LogP contribution is -2.00. The van der Waals surface area contributed by atoms with Gasteiger partial charge in [0.2, 0.25) is 0 Å². The van der Waals surface area contributed by atoms with Gasteiger partial charge < -0.3 is 5.32 Å². The molecular weight excluding hydrogens is 300 g/mol. The molecule has 0 aliphatic heterocycles. The molecule has 1 N–H and O–H groups in total. The topological polar surface area (TPSA) is 12.0 Å². The molecule has 0 fully saturated rings. The summed E-state index contributed by atoms with van der Waals surface area (Å²) in [5.74, 6) is -1.68. The van der Waals surface area contributed by atoms with E-state index < -0.39 is 11.6 Å². The molecule has 0 aliphatic carbocycles. The van der Waals surface area contributed by atoms with Crippen molar-refractivity contribution < 1.29 is 8.78 Å². The third-order valence-corrected chi connectivity index (χ3v) is 3.51. The molecule has 4 heteroatoms. The summed E-state index contributed by atoms with van der Waals surface area (Å²) in [7, 11) is 0. The smallest absolute Gasteiger partial charge is 0.160 e. The molecule has 0 unspecified atom stereocenters. The summed E-state index contributed by atoms with van der Waals surface area (Å²) in [6.07, 6.45) is 0. The second kappa shape index (κ2) is 5.48. The summed E-state index contributed by atoms with van der Waals surface area (Å²) in [5.41, 5.74) is 2.79. The molecule has 0 aromatic heterocycles. The van der Waals surface area contributed by atoms with Crippen LogP contribution in [-0.2, 0) is 6.54 Å². The lowest BCUT2D eigenvalue weighted by Gasteiger charge is -2.08. The minimum atomic E-state index is -0.843. The standard InChI is InChI=1S/C14H12BrF2N/c1-9-2-3-10(6-12(9)15)8-18-11-4-5-13(16)14(17)7-11/h2-7,18H,8H2,1H3. The van der Waals surface area contributed by atoms with Crippen LogP contribution in [0.1, 0.15) is 11.1 Å². The average molecular weight is 312 g/mol. The van der Waals surface area contributed by atoms with E-state index in [-0.39, 0.29) is 0 Å². The van der Waals surface area contributed by atoms with Crippen LogP contribution >= 0.6 is 15.9 Å². The first-order valence-corrected chi connectivity index (χ1v) is 6.29. The molecule has 0 saturated carbocycles. The fourth-order valence-electron chi connectivity index (χ4n) is 1.56. The lowest BCUT2D eigenvalue weighted by atomic mass is 10.1. The molecule has 0 spiro atoms. The second-order valence-corrected chi connectivity index (χ2v) is 4.92. The summed E-state index contributed by atoms with van der Waals surface area (Å²) in [5, 5.41) is 3.05. The van der Waals surface area contributed by atoms with Crippen molar-refractivity contribution in [1.29, 1.82) is 0 Å². The molecule has 94 valence electrons. The van der Waals surface area contributed by atoms with Gasteiger partial charge >= 0.3 is 0 Å². The Bertz CT molecular complexity index is 518. The number of hydrogen-bond acceptors (Lipinski definition) is 1. The van der Waals surface area contributed by atoms with E-state index >= 15 is 0 Å². The number of anilines is 1. The molecule has 18 heavy (non-hydrogen) atoms.